The highest BCUT2D eigenvalue weighted by atomic mass is 32.1. The predicted molar refractivity (Wildman–Crippen MR) is 86.9 cm³/mol. The molecule has 0 aliphatic heterocycles. The number of aromatic nitrogens is 1. The van der Waals surface area contributed by atoms with Crippen molar-refractivity contribution in [1.82, 2.24) is 4.98 Å². The first-order valence-electron chi connectivity index (χ1n) is 7.22. The van der Waals surface area contributed by atoms with E-state index in [0.29, 0.717) is 0 Å². The van der Waals surface area contributed by atoms with Crippen LogP contribution >= 0.6 is 11.3 Å². The number of nitrogens with zero attached hydrogens (tertiary/aromatic N) is 2. The lowest BCUT2D eigenvalue weighted by atomic mass is 9.93. The number of anilines is 2. The van der Waals surface area contributed by atoms with Gasteiger partial charge in [-0.05, 0) is 38.3 Å². The molecule has 1 aliphatic carbocycles. The Labute approximate surface area is 128 Å². The molecule has 0 N–H and O–H groups in total. The Morgan fingerprint density at radius 3 is 2.71 bits per heavy atom. The Balaban J connectivity index is 1.96. The molecule has 3 nitrogen and oxygen atoms in total. The molecule has 0 bridgehead atoms. The maximum absolute atomic E-state index is 13.0. The molecule has 0 spiro atoms. The van der Waals surface area contributed by atoms with Gasteiger partial charge in [0.1, 0.15) is 0 Å². The number of rotatable bonds is 3. The fourth-order valence-corrected chi connectivity index (χ4v) is 3.38. The van der Waals surface area contributed by atoms with Crippen LogP contribution in [0.5, 0.6) is 0 Å². The summed E-state index contributed by atoms with van der Waals surface area (Å²) in [5, 5.41) is 2.75. The van der Waals surface area contributed by atoms with E-state index in [-0.39, 0.29) is 11.8 Å². The molecule has 0 radical (unpaired) electrons. The van der Waals surface area contributed by atoms with Gasteiger partial charge in [-0.25, -0.2) is 4.98 Å². The largest absolute Gasteiger partial charge is 0.274 e. The van der Waals surface area contributed by atoms with Gasteiger partial charge in [-0.15, -0.1) is 11.3 Å². The molecular formula is C17H18N2OS. The first kappa shape index (κ1) is 14.0. The Bertz CT molecular complexity index is 648. The van der Waals surface area contributed by atoms with Crippen LogP contribution in [0.25, 0.3) is 0 Å². The van der Waals surface area contributed by atoms with Gasteiger partial charge in [-0.2, -0.15) is 0 Å². The Hall–Kier alpha value is -1.94. The van der Waals surface area contributed by atoms with Crippen LogP contribution in [-0.2, 0) is 4.79 Å². The molecule has 1 aromatic heterocycles. The molecule has 2 aromatic rings. The monoisotopic (exact) mass is 298 g/mol. The van der Waals surface area contributed by atoms with Gasteiger partial charge in [0, 0.05) is 11.3 Å². The van der Waals surface area contributed by atoms with Crippen LogP contribution in [0.15, 0.2) is 47.9 Å². The van der Waals surface area contributed by atoms with Crippen molar-refractivity contribution < 1.29 is 4.79 Å². The number of para-hydroxylation sites is 1. The number of amides is 1. The molecular weight excluding hydrogens is 280 g/mol. The molecule has 1 aromatic carbocycles. The second-order valence-electron chi connectivity index (χ2n) is 5.26. The van der Waals surface area contributed by atoms with Crippen molar-refractivity contribution in [2.45, 2.75) is 26.2 Å². The number of aryl methyl sites for hydroxylation is 1. The molecule has 0 saturated heterocycles. The number of benzene rings is 1. The first-order valence-corrected chi connectivity index (χ1v) is 8.10. The van der Waals surface area contributed by atoms with E-state index < -0.39 is 0 Å². The minimum Gasteiger partial charge on any atom is -0.274 e. The number of carbonyl (C=O) groups is 1. The van der Waals surface area contributed by atoms with Crippen LogP contribution in [0, 0.1) is 12.8 Å². The minimum absolute atomic E-state index is 0.0550. The van der Waals surface area contributed by atoms with Crippen molar-refractivity contribution in [3.8, 4) is 0 Å². The first-order chi connectivity index (χ1) is 10.3. The van der Waals surface area contributed by atoms with Gasteiger partial charge in [0.25, 0.3) is 0 Å². The van der Waals surface area contributed by atoms with E-state index in [2.05, 4.69) is 17.1 Å². The number of carbonyl (C=O) groups excluding carboxylic acids is 1. The molecule has 3 rings (SSSR count). The number of allylic oxidation sites excluding steroid dienone is 2. The average Bonchev–Trinajstić information content (AvgIpc) is 2.95. The summed E-state index contributed by atoms with van der Waals surface area (Å²) in [6.07, 6.45) is 7.00. The van der Waals surface area contributed by atoms with Gasteiger partial charge < -0.3 is 0 Å². The normalized spacial score (nSPS) is 17.7. The van der Waals surface area contributed by atoms with Crippen molar-refractivity contribution in [3.63, 3.8) is 0 Å². The summed E-state index contributed by atoms with van der Waals surface area (Å²) < 4.78 is 0. The van der Waals surface area contributed by atoms with Crippen molar-refractivity contribution >= 4 is 28.1 Å². The molecule has 21 heavy (non-hydrogen) atoms. The van der Waals surface area contributed by atoms with Gasteiger partial charge in [0.15, 0.2) is 5.13 Å². The van der Waals surface area contributed by atoms with Gasteiger partial charge in [0.2, 0.25) is 5.91 Å². The number of hydrogen-bond donors (Lipinski definition) is 0. The summed E-state index contributed by atoms with van der Waals surface area (Å²) in [6, 6.07) is 9.80. The molecule has 4 heteroatoms. The zero-order valence-corrected chi connectivity index (χ0v) is 12.8. The summed E-state index contributed by atoms with van der Waals surface area (Å²) >= 11 is 1.52. The SMILES string of the molecule is Cc1csc(N(C(=O)[C@H]2CC=CCC2)c2ccccc2)n1. The summed E-state index contributed by atoms with van der Waals surface area (Å²) in [5.74, 6) is 0.208. The van der Waals surface area contributed by atoms with Crippen LogP contribution in [0.1, 0.15) is 25.0 Å². The van der Waals surface area contributed by atoms with E-state index >= 15 is 0 Å². The molecule has 1 amide bonds. The molecule has 0 fully saturated rings. The van der Waals surface area contributed by atoms with Crippen molar-refractivity contribution in [2.75, 3.05) is 4.90 Å². The Kier molecular flexibility index (Phi) is 4.15. The highest BCUT2D eigenvalue weighted by Gasteiger charge is 2.28. The number of thiazole rings is 1. The topological polar surface area (TPSA) is 33.2 Å². The lowest BCUT2D eigenvalue weighted by Gasteiger charge is -2.26. The van der Waals surface area contributed by atoms with Crippen LogP contribution < -0.4 is 4.90 Å². The molecule has 1 atom stereocenters. The Morgan fingerprint density at radius 1 is 1.29 bits per heavy atom. The van der Waals surface area contributed by atoms with Crippen LogP contribution in [0.2, 0.25) is 0 Å². The third-order valence-electron chi connectivity index (χ3n) is 3.65. The van der Waals surface area contributed by atoms with Gasteiger partial charge >= 0.3 is 0 Å². The van der Waals surface area contributed by atoms with Crippen molar-refractivity contribution in [1.29, 1.82) is 0 Å². The Morgan fingerprint density at radius 2 is 2.10 bits per heavy atom. The van der Waals surface area contributed by atoms with Gasteiger partial charge in [0.05, 0.1) is 11.4 Å². The van der Waals surface area contributed by atoms with E-state index in [1.165, 1.54) is 11.3 Å². The molecule has 0 saturated carbocycles. The van der Waals surface area contributed by atoms with Crippen molar-refractivity contribution in [3.05, 3.63) is 53.6 Å². The second-order valence-corrected chi connectivity index (χ2v) is 6.10. The number of hydrogen-bond acceptors (Lipinski definition) is 3. The van der Waals surface area contributed by atoms with E-state index in [0.717, 1.165) is 35.8 Å². The lowest BCUT2D eigenvalue weighted by molar-refractivity contribution is -0.121. The quantitative estimate of drug-likeness (QED) is 0.783. The lowest BCUT2D eigenvalue weighted by Crippen LogP contribution is -2.32. The molecule has 1 aliphatic rings. The molecule has 108 valence electrons. The maximum atomic E-state index is 13.0. The average molecular weight is 298 g/mol. The molecule has 0 unspecified atom stereocenters. The summed E-state index contributed by atoms with van der Waals surface area (Å²) in [7, 11) is 0. The highest BCUT2D eigenvalue weighted by molar-refractivity contribution is 7.14. The van der Waals surface area contributed by atoms with E-state index in [4.69, 9.17) is 0 Å². The smallest absolute Gasteiger partial charge is 0.236 e. The standard InChI is InChI=1S/C17H18N2OS/c1-13-12-21-17(18-13)19(15-10-6-3-7-11-15)16(20)14-8-4-2-5-9-14/h2-4,6-7,10-12,14H,5,8-9H2,1H3/t14-/m0/s1. The summed E-state index contributed by atoms with van der Waals surface area (Å²) in [5.41, 5.74) is 1.85. The van der Waals surface area contributed by atoms with Gasteiger partial charge in [-0.1, -0.05) is 30.4 Å². The van der Waals surface area contributed by atoms with E-state index in [1.807, 2.05) is 42.6 Å². The summed E-state index contributed by atoms with van der Waals surface area (Å²) in [6.45, 7) is 1.96. The third kappa shape index (κ3) is 3.05. The zero-order valence-electron chi connectivity index (χ0n) is 12.0. The van der Waals surface area contributed by atoms with E-state index in [9.17, 15) is 4.79 Å². The predicted octanol–water partition coefficient (Wildman–Crippen LogP) is 4.47. The van der Waals surface area contributed by atoms with E-state index in [1.54, 1.807) is 4.90 Å². The van der Waals surface area contributed by atoms with Crippen molar-refractivity contribution in [2.24, 2.45) is 5.92 Å². The fourth-order valence-electron chi connectivity index (χ4n) is 2.55. The van der Waals surface area contributed by atoms with Crippen LogP contribution in [0.3, 0.4) is 0 Å². The minimum atomic E-state index is 0.0550. The van der Waals surface area contributed by atoms with Gasteiger partial charge in [-0.3, -0.25) is 9.69 Å². The van der Waals surface area contributed by atoms with Crippen LogP contribution in [-0.4, -0.2) is 10.9 Å². The maximum Gasteiger partial charge on any atom is 0.236 e. The molecule has 1 heterocycles. The summed E-state index contributed by atoms with van der Waals surface area (Å²) in [4.78, 5) is 19.3. The fraction of sp³-hybridized carbons (Fsp3) is 0.294. The highest BCUT2D eigenvalue weighted by Crippen LogP contribution is 2.32. The second kappa shape index (κ2) is 6.22. The third-order valence-corrected chi connectivity index (χ3v) is 4.59. The van der Waals surface area contributed by atoms with Crippen LogP contribution in [0.4, 0.5) is 10.8 Å². The zero-order chi connectivity index (χ0) is 14.7.